The normalized spacial score (nSPS) is 13.4. The van der Waals surface area contributed by atoms with E-state index in [1.54, 1.807) is 0 Å². The standard InChI is InChI=1S/C15H16N4O3/c1-2-10-3-5-12(6-4-10)22-9-11-7-8-19-15(16-11)17-13(18-19)14(20)21/h3-6H,2,7-9H2,1H3,(H,20,21). The van der Waals surface area contributed by atoms with Crippen molar-refractivity contribution in [1.82, 2.24) is 14.8 Å². The van der Waals surface area contributed by atoms with Crippen molar-refractivity contribution in [3.05, 3.63) is 35.7 Å². The van der Waals surface area contributed by atoms with Crippen LogP contribution in [0.2, 0.25) is 0 Å². The van der Waals surface area contributed by atoms with Crippen LogP contribution >= 0.6 is 0 Å². The van der Waals surface area contributed by atoms with E-state index in [1.165, 1.54) is 10.2 Å². The molecule has 0 unspecified atom stereocenters. The van der Waals surface area contributed by atoms with Crippen LogP contribution in [-0.4, -0.2) is 38.2 Å². The predicted octanol–water partition coefficient (Wildman–Crippen LogP) is 2.09. The molecule has 0 amide bonds. The van der Waals surface area contributed by atoms with Gasteiger partial charge in [0.15, 0.2) is 0 Å². The highest BCUT2D eigenvalue weighted by atomic mass is 16.5. The Labute approximate surface area is 127 Å². The first-order chi connectivity index (χ1) is 10.7. The zero-order chi connectivity index (χ0) is 15.5. The molecule has 1 aliphatic heterocycles. The Morgan fingerprint density at radius 3 is 2.82 bits per heavy atom. The smallest absolute Gasteiger partial charge is 0.375 e. The van der Waals surface area contributed by atoms with Crippen molar-refractivity contribution >= 4 is 17.6 Å². The van der Waals surface area contributed by atoms with E-state index in [1.807, 2.05) is 24.3 Å². The van der Waals surface area contributed by atoms with Crippen LogP contribution in [0.3, 0.4) is 0 Å². The topological polar surface area (TPSA) is 89.6 Å². The monoisotopic (exact) mass is 300 g/mol. The van der Waals surface area contributed by atoms with E-state index in [2.05, 4.69) is 22.0 Å². The Hall–Kier alpha value is -2.70. The van der Waals surface area contributed by atoms with Crippen LogP contribution in [0.4, 0.5) is 5.95 Å². The van der Waals surface area contributed by atoms with Crippen LogP contribution in [0.25, 0.3) is 0 Å². The second-order valence-corrected chi connectivity index (χ2v) is 4.98. The van der Waals surface area contributed by atoms with Gasteiger partial charge in [-0.2, -0.15) is 4.98 Å². The summed E-state index contributed by atoms with van der Waals surface area (Å²) in [6, 6.07) is 7.95. The molecule has 2 aromatic rings. The van der Waals surface area contributed by atoms with E-state index >= 15 is 0 Å². The highest BCUT2D eigenvalue weighted by Crippen LogP contribution is 2.18. The fraction of sp³-hybridized carbons (Fsp3) is 0.333. The Kier molecular flexibility index (Phi) is 3.86. The average Bonchev–Trinajstić information content (AvgIpc) is 2.97. The van der Waals surface area contributed by atoms with Gasteiger partial charge in [0.05, 0.1) is 12.3 Å². The Morgan fingerprint density at radius 2 is 2.14 bits per heavy atom. The van der Waals surface area contributed by atoms with Crippen LogP contribution < -0.4 is 4.74 Å². The number of hydrogen-bond donors (Lipinski definition) is 1. The number of ether oxygens (including phenoxy) is 1. The highest BCUT2D eigenvalue weighted by molar-refractivity contribution is 5.89. The summed E-state index contributed by atoms with van der Waals surface area (Å²) in [5.41, 5.74) is 2.09. The zero-order valence-electron chi connectivity index (χ0n) is 12.2. The molecule has 114 valence electrons. The first kappa shape index (κ1) is 14.2. The minimum atomic E-state index is -1.15. The molecule has 1 N–H and O–H groups in total. The number of aliphatic imine (C=N–C) groups is 1. The van der Waals surface area contributed by atoms with Crippen LogP contribution in [0, 0.1) is 0 Å². The van der Waals surface area contributed by atoms with Gasteiger partial charge in [-0.15, -0.1) is 5.10 Å². The van der Waals surface area contributed by atoms with Crippen LogP contribution in [-0.2, 0) is 13.0 Å². The number of aryl methyl sites for hydroxylation is 2. The summed E-state index contributed by atoms with van der Waals surface area (Å²) in [5.74, 6) is -0.260. The molecule has 3 rings (SSSR count). The number of benzene rings is 1. The van der Waals surface area contributed by atoms with Gasteiger partial charge in [0, 0.05) is 6.42 Å². The van der Waals surface area contributed by atoms with E-state index in [0.29, 0.717) is 25.5 Å². The van der Waals surface area contributed by atoms with Gasteiger partial charge in [-0.25, -0.2) is 14.5 Å². The Morgan fingerprint density at radius 1 is 1.36 bits per heavy atom. The lowest BCUT2D eigenvalue weighted by atomic mass is 10.2. The van der Waals surface area contributed by atoms with Crippen molar-refractivity contribution in [2.24, 2.45) is 4.99 Å². The van der Waals surface area contributed by atoms with E-state index in [0.717, 1.165) is 17.9 Å². The molecular formula is C15H16N4O3. The number of aromatic carboxylic acids is 1. The van der Waals surface area contributed by atoms with Gasteiger partial charge in [-0.3, -0.25) is 0 Å². The van der Waals surface area contributed by atoms with Gasteiger partial charge in [0.1, 0.15) is 12.4 Å². The number of carboxylic acids is 1. The number of carbonyl (C=O) groups is 1. The minimum Gasteiger partial charge on any atom is -0.488 e. The van der Waals surface area contributed by atoms with Gasteiger partial charge in [-0.05, 0) is 24.1 Å². The molecule has 0 bridgehead atoms. The molecule has 0 saturated heterocycles. The summed E-state index contributed by atoms with van der Waals surface area (Å²) < 4.78 is 7.21. The molecule has 0 spiro atoms. The van der Waals surface area contributed by atoms with Crippen molar-refractivity contribution in [1.29, 1.82) is 0 Å². The predicted molar refractivity (Wildman–Crippen MR) is 80.0 cm³/mol. The third kappa shape index (κ3) is 2.98. The first-order valence-corrected chi connectivity index (χ1v) is 7.12. The van der Waals surface area contributed by atoms with E-state index in [9.17, 15) is 4.79 Å². The molecule has 7 nitrogen and oxygen atoms in total. The number of carboxylic acid groups (broad SMARTS) is 1. The van der Waals surface area contributed by atoms with Crippen LogP contribution in [0.15, 0.2) is 29.3 Å². The minimum absolute atomic E-state index is 0.226. The molecule has 1 aromatic heterocycles. The molecule has 0 atom stereocenters. The summed E-state index contributed by atoms with van der Waals surface area (Å²) >= 11 is 0. The second-order valence-electron chi connectivity index (χ2n) is 4.98. The second kappa shape index (κ2) is 5.97. The quantitative estimate of drug-likeness (QED) is 0.913. The summed E-state index contributed by atoms with van der Waals surface area (Å²) in [6.07, 6.45) is 1.66. The van der Waals surface area contributed by atoms with E-state index < -0.39 is 5.97 Å². The number of fused-ring (bicyclic) bond motifs is 1. The lowest BCUT2D eigenvalue weighted by Gasteiger charge is -2.13. The maximum atomic E-state index is 10.9. The molecule has 22 heavy (non-hydrogen) atoms. The van der Waals surface area contributed by atoms with Crippen LogP contribution in [0.5, 0.6) is 5.75 Å². The molecular weight excluding hydrogens is 284 g/mol. The van der Waals surface area contributed by atoms with Crippen molar-refractivity contribution in [3.8, 4) is 5.75 Å². The molecule has 1 aromatic carbocycles. The Bertz CT molecular complexity index is 719. The number of rotatable bonds is 5. The van der Waals surface area contributed by atoms with Gasteiger partial charge in [-0.1, -0.05) is 19.1 Å². The van der Waals surface area contributed by atoms with Crippen LogP contribution in [0.1, 0.15) is 29.5 Å². The summed E-state index contributed by atoms with van der Waals surface area (Å²) in [7, 11) is 0. The third-order valence-electron chi connectivity index (χ3n) is 3.45. The fourth-order valence-electron chi connectivity index (χ4n) is 2.18. The van der Waals surface area contributed by atoms with Crippen molar-refractivity contribution in [2.75, 3.05) is 6.61 Å². The summed E-state index contributed by atoms with van der Waals surface area (Å²) in [4.78, 5) is 19.1. The Balaban J connectivity index is 1.67. The average molecular weight is 300 g/mol. The fourth-order valence-corrected chi connectivity index (χ4v) is 2.18. The molecule has 0 aliphatic carbocycles. The van der Waals surface area contributed by atoms with Crippen molar-refractivity contribution < 1.29 is 14.6 Å². The molecule has 7 heteroatoms. The molecule has 0 saturated carbocycles. The third-order valence-corrected chi connectivity index (χ3v) is 3.45. The van der Waals surface area contributed by atoms with Crippen molar-refractivity contribution in [3.63, 3.8) is 0 Å². The summed E-state index contributed by atoms with van der Waals surface area (Å²) in [6.45, 7) is 3.03. The molecule has 0 fully saturated rings. The van der Waals surface area contributed by atoms with Gasteiger partial charge in [0.2, 0.25) is 5.95 Å². The maximum Gasteiger partial charge on any atom is 0.375 e. The molecule has 2 heterocycles. The molecule has 1 aliphatic rings. The number of hydrogen-bond acceptors (Lipinski definition) is 5. The first-order valence-electron chi connectivity index (χ1n) is 7.12. The van der Waals surface area contributed by atoms with E-state index in [4.69, 9.17) is 9.84 Å². The lowest BCUT2D eigenvalue weighted by molar-refractivity contribution is 0.0683. The van der Waals surface area contributed by atoms with Gasteiger partial charge in [0.25, 0.3) is 5.82 Å². The highest BCUT2D eigenvalue weighted by Gasteiger charge is 2.19. The SMILES string of the molecule is CCc1ccc(OCC2=Nc3nc(C(=O)O)nn3CC2)cc1. The zero-order valence-corrected chi connectivity index (χ0v) is 12.2. The molecule has 0 radical (unpaired) electrons. The van der Waals surface area contributed by atoms with Gasteiger partial charge >= 0.3 is 5.97 Å². The largest absolute Gasteiger partial charge is 0.488 e. The van der Waals surface area contributed by atoms with E-state index in [-0.39, 0.29) is 5.82 Å². The number of aromatic nitrogens is 3. The van der Waals surface area contributed by atoms with Crippen molar-refractivity contribution in [2.45, 2.75) is 26.3 Å². The lowest BCUT2D eigenvalue weighted by Crippen LogP contribution is -2.18. The summed E-state index contributed by atoms with van der Waals surface area (Å²) in [5, 5.41) is 12.8. The van der Waals surface area contributed by atoms with Gasteiger partial charge < -0.3 is 9.84 Å². The number of nitrogens with zero attached hydrogens (tertiary/aromatic N) is 4. The maximum absolute atomic E-state index is 10.9.